The molecule has 2 aliphatic rings. The van der Waals surface area contributed by atoms with Crippen LogP contribution in [0.25, 0.3) is 0 Å². The third-order valence-corrected chi connectivity index (χ3v) is 4.33. The zero-order valence-electron chi connectivity index (χ0n) is 12.4. The van der Waals surface area contributed by atoms with Gasteiger partial charge in [-0.2, -0.15) is 0 Å². The first kappa shape index (κ1) is 13.5. The Balaban J connectivity index is 1.80. The summed E-state index contributed by atoms with van der Waals surface area (Å²) in [7, 11) is 0. The van der Waals surface area contributed by atoms with Crippen LogP contribution in [-0.4, -0.2) is 51.7 Å². The van der Waals surface area contributed by atoms with Crippen molar-refractivity contribution in [2.45, 2.75) is 45.1 Å². The number of rotatable bonds is 1. The van der Waals surface area contributed by atoms with Crippen LogP contribution in [0.3, 0.4) is 0 Å². The molecule has 3 rings (SSSR count). The van der Waals surface area contributed by atoms with Crippen LogP contribution in [0.2, 0.25) is 0 Å². The molecular formula is C14H23N5O. The van der Waals surface area contributed by atoms with Gasteiger partial charge in [-0.25, -0.2) is 4.98 Å². The van der Waals surface area contributed by atoms with Gasteiger partial charge in [-0.15, -0.1) is 5.10 Å². The number of nitrogens with one attached hydrogen (secondary N) is 2. The van der Waals surface area contributed by atoms with Gasteiger partial charge in [0.1, 0.15) is 5.82 Å². The number of hydrogen-bond acceptors (Lipinski definition) is 4. The van der Waals surface area contributed by atoms with Crippen molar-refractivity contribution in [3.05, 3.63) is 11.6 Å². The number of aromatic nitrogens is 3. The number of aromatic amines is 1. The number of piperidine rings is 1. The van der Waals surface area contributed by atoms with Gasteiger partial charge in [0.2, 0.25) is 5.82 Å². The van der Waals surface area contributed by atoms with Crippen molar-refractivity contribution in [1.29, 1.82) is 0 Å². The van der Waals surface area contributed by atoms with Crippen LogP contribution in [0, 0.1) is 5.92 Å². The van der Waals surface area contributed by atoms with Crippen molar-refractivity contribution >= 4 is 5.91 Å². The molecule has 20 heavy (non-hydrogen) atoms. The summed E-state index contributed by atoms with van der Waals surface area (Å²) in [5.41, 5.74) is -0.120. The number of hydrogen-bond donors (Lipinski definition) is 2. The number of likely N-dealkylation sites (tertiary alicyclic amines) is 1. The fourth-order valence-electron chi connectivity index (χ4n) is 3.14. The van der Waals surface area contributed by atoms with Crippen molar-refractivity contribution in [3.8, 4) is 0 Å². The maximum Gasteiger partial charge on any atom is 0.293 e. The number of amides is 1. The molecule has 1 aromatic rings. The van der Waals surface area contributed by atoms with E-state index in [2.05, 4.69) is 41.3 Å². The molecule has 0 aliphatic carbocycles. The Hall–Kier alpha value is -1.43. The van der Waals surface area contributed by atoms with E-state index in [1.165, 1.54) is 6.42 Å². The van der Waals surface area contributed by atoms with E-state index in [1.807, 2.05) is 4.90 Å². The molecule has 2 saturated heterocycles. The molecule has 0 spiro atoms. The fraction of sp³-hybridized carbons (Fsp3) is 0.786. The molecule has 1 amide bonds. The Morgan fingerprint density at radius 3 is 2.85 bits per heavy atom. The molecule has 110 valence electrons. The lowest BCUT2D eigenvalue weighted by Crippen LogP contribution is -2.48. The molecule has 2 N–H and O–H groups in total. The second-order valence-electron chi connectivity index (χ2n) is 6.88. The quantitative estimate of drug-likeness (QED) is 0.801. The molecule has 3 heterocycles. The molecule has 2 fully saturated rings. The van der Waals surface area contributed by atoms with Gasteiger partial charge in [0, 0.05) is 31.1 Å². The van der Waals surface area contributed by atoms with E-state index < -0.39 is 0 Å². The van der Waals surface area contributed by atoms with Gasteiger partial charge in [-0.3, -0.25) is 9.89 Å². The summed E-state index contributed by atoms with van der Waals surface area (Å²) in [5.74, 6) is 1.63. The largest absolute Gasteiger partial charge is 0.331 e. The highest BCUT2D eigenvalue weighted by Gasteiger charge is 2.38. The first-order chi connectivity index (χ1) is 9.47. The van der Waals surface area contributed by atoms with E-state index in [0.717, 1.165) is 31.9 Å². The van der Waals surface area contributed by atoms with Crippen LogP contribution in [0.15, 0.2) is 0 Å². The van der Waals surface area contributed by atoms with Crippen LogP contribution in [0.5, 0.6) is 0 Å². The second kappa shape index (κ2) is 4.84. The molecule has 0 bridgehead atoms. The lowest BCUT2D eigenvalue weighted by molar-refractivity contribution is 0.0562. The monoisotopic (exact) mass is 277 g/mol. The van der Waals surface area contributed by atoms with E-state index >= 15 is 0 Å². The van der Waals surface area contributed by atoms with Gasteiger partial charge in [-0.05, 0) is 18.8 Å². The first-order valence-electron chi connectivity index (χ1n) is 7.41. The van der Waals surface area contributed by atoms with E-state index in [9.17, 15) is 4.79 Å². The number of fused-ring (bicyclic) bond motifs is 1. The maximum absolute atomic E-state index is 12.6. The van der Waals surface area contributed by atoms with Crippen LogP contribution in [0.4, 0.5) is 0 Å². The van der Waals surface area contributed by atoms with Crippen molar-refractivity contribution in [2.75, 3.05) is 19.6 Å². The topological polar surface area (TPSA) is 73.9 Å². The lowest BCUT2D eigenvalue weighted by atomic mass is 9.92. The molecule has 0 radical (unpaired) electrons. The average molecular weight is 277 g/mol. The zero-order chi connectivity index (χ0) is 14.3. The molecular weight excluding hydrogens is 254 g/mol. The van der Waals surface area contributed by atoms with Gasteiger partial charge in [0.15, 0.2) is 0 Å². The Morgan fingerprint density at radius 2 is 2.15 bits per heavy atom. The van der Waals surface area contributed by atoms with E-state index in [-0.39, 0.29) is 11.3 Å². The second-order valence-corrected chi connectivity index (χ2v) is 6.88. The normalized spacial score (nSPS) is 26.6. The smallest absolute Gasteiger partial charge is 0.293 e. The van der Waals surface area contributed by atoms with Gasteiger partial charge >= 0.3 is 0 Å². The molecule has 2 aliphatic heterocycles. The Morgan fingerprint density at radius 1 is 1.35 bits per heavy atom. The Labute approximate surface area is 119 Å². The summed E-state index contributed by atoms with van der Waals surface area (Å²) in [4.78, 5) is 19.0. The first-order valence-corrected chi connectivity index (χ1v) is 7.41. The molecule has 2 unspecified atom stereocenters. The van der Waals surface area contributed by atoms with Gasteiger partial charge in [0.05, 0.1) is 0 Å². The Kier molecular flexibility index (Phi) is 3.28. The standard InChI is InChI=1S/C14H23N5O/c1-14(2,3)13-16-11(17-18-13)12(20)19-6-4-5-9-7-15-8-10(9)19/h9-10,15H,4-8H2,1-3H3,(H,16,17,18). The van der Waals surface area contributed by atoms with Gasteiger partial charge < -0.3 is 10.2 Å². The van der Waals surface area contributed by atoms with Crippen molar-refractivity contribution in [1.82, 2.24) is 25.4 Å². The highest BCUT2D eigenvalue weighted by atomic mass is 16.2. The van der Waals surface area contributed by atoms with Gasteiger partial charge in [-0.1, -0.05) is 20.8 Å². The average Bonchev–Trinajstić information content (AvgIpc) is 3.05. The van der Waals surface area contributed by atoms with Crippen LogP contribution >= 0.6 is 0 Å². The predicted molar refractivity (Wildman–Crippen MR) is 75.5 cm³/mol. The van der Waals surface area contributed by atoms with Crippen LogP contribution in [-0.2, 0) is 5.41 Å². The summed E-state index contributed by atoms with van der Waals surface area (Å²) < 4.78 is 0. The minimum absolute atomic E-state index is 0.0323. The minimum atomic E-state index is -0.120. The van der Waals surface area contributed by atoms with Crippen molar-refractivity contribution in [2.24, 2.45) is 5.92 Å². The molecule has 2 atom stereocenters. The lowest BCUT2D eigenvalue weighted by Gasteiger charge is -2.36. The third-order valence-electron chi connectivity index (χ3n) is 4.33. The number of H-pyrrole nitrogens is 1. The molecule has 0 saturated carbocycles. The van der Waals surface area contributed by atoms with Crippen molar-refractivity contribution in [3.63, 3.8) is 0 Å². The highest BCUT2D eigenvalue weighted by molar-refractivity contribution is 5.90. The minimum Gasteiger partial charge on any atom is -0.331 e. The summed E-state index contributed by atoms with van der Waals surface area (Å²) in [6.07, 6.45) is 2.29. The molecule has 6 nitrogen and oxygen atoms in total. The fourth-order valence-corrected chi connectivity index (χ4v) is 3.14. The van der Waals surface area contributed by atoms with Crippen LogP contribution in [0.1, 0.15) is 50.1 Å². The SMILES string of the molecule is CC(C)(C)c1nc(C(=O)N2CCCC3CNCC32)n[nH]1. The number of carbonyl (C=O) groups excluding carboxylic acids is 1. The molecule has 0 aromatic carbocycles. The van der Waals surface area contributed by atoms with E-state index in [4.69, 9.17) is 0 Å². The summed E-state index contributed by atoms with van der Waals surface area (Å²) >= 11 is 0. The summed E-state index contributed by atoms with van der Waals surface area (Å²) in [6, 6.07) is 0.313. The van der Waals surface area contributed by atoms with Gasteiger partial charge in [0.25, 0.3) is 5.91 Å². The number of carbonyl (C=O) groups is 1. The summed E-state index contributed by atoms with van der Waals surface area (Å²) in [6.45, 7) is 8.91. The molecule has 6 heteroatoms. The van der Waals surface area contributed by atoms with E-state index in [1.54, 1.807) is 0 Å². The van der Waals surface area contributed by atoms with Crippen LogP contribution < -0.4 is 5.32 Å². The number of nitrogens with zero attached hydrogens (tertiary/aromatic N) is 3. The zero-order valence-corrected chi connectivity index (χ0v) is 12.4. The van der Waals surface area contributed by atoms with E-state index in [0.29, 0.717) is 17.8 Å². The maximum atomic E-state index is 12.6. The highest BCUT2D eigenvalue weighted by Crippen LogP contribution is 2.27. The summed E-state index contributed by atoms with van der Waals surface area (Å²) in [5, 5.41) is 10.4. The third kappa shape index (κ3) is 2.32. The predicted octanol–water partition coefficient (Wildman–Crippen LogP) is 0.926. The van der Waals surface area contributed by atoms with Crippen molar-refractivity contribution < 1.29 is 4.79 Å². The Bertz CT molecular complexity index is 504. The molecule has 1 aromatic heterocycles.